The van der Waals surface area contributed by atoms with Crippen molar-refractivity contribution in [3.63, 3.8) is 0 Å². The zero-order valence-corrected chi connectivity index (χ0v) is 39.3. The van der Waals surface area contributed by atoms with Gasteiger partial charge in [-0.05, 0) is 126 Å². The number of hydrogen-bond acceptors (Lipinski definition) is 2. The predicted molar refractivity (Wildman–Crippen MR) is 280 cm³/mol. The highest BCUT2D eigenvalue weighted by Gasteiger charge is 2.47. The Morgan fingerprint density at radius 2 is 0.970 bits per heavy atom. The van der Waals surface area contributed by atoms with Crippen LogP contribution < -0.4 is 4.90 Å². The van der Waals surface area contributed by atoms with Gasteiger partial charge in [0.05, 0.1) is 11.1 Å². The van der Waals surface area contributed by atoms with Crippen molar-refractivity contribution in [2.45, 2.75) is 70.1 Å². The van der Waals surface area contributed by atoms with E-state index in [1.54, 1.807) is 0 Å². The van der Waals surface area contributed by atoms with Crippen molar-refractivity contribution >= 4 is 39.0 Å². The number of nitrogens with zero attached hydrogens (tertiary/aromatic N) is 1. The van der Waals surface area contributed by atoms with Crippen LogP contribution in [0.25, 0.3) is 55.3 Å². The van der Waals surface area contributed by atoms with Crippen molar-refractivity contribution in [3.8, 4) is 33.4 Å². The smallest absolute Gasteiger partial charge is 0.139 e. The Kier molecular flexibility index (Phi) is 8.23. The molecule has 0 atom stereocenters. The Morgan fingerprint density at radius 1 is 0.403 bits per heavy atom. The summed E-state index contributed by atoms with van der Waals surface area (Å²) >= 11 is 0. The van der Waals surface area contributed by atoms with Gasteiger partial charge < -0.3 is 9.32 Å². The molecule has 1 heterocycles. The summed E-state index contributed by atoms with van der Waals surface area (Å²) in [7, 11) is 0. The number of anilines is 3. The largest absolute Gasteiger partial charge is 0.456 e. The highest BCUT2D eigenvalue weighted by Crippen LogP contribution is 2.59. The Hall–Kier alpha value is -7.42. The number of rotatable bonds is 5. The summed E-state index contributed by atoms with van der Waals surface area (Å²) in [6, 6.07) is 73.2. The fraction of sp³-hybridized carbons (Fsp3) is 0.169. The molecule has 0 saturated carbocycles. The Bertz CT molecular complexity index is 3640. The van der Waals surface area contributed by atoms with Gasteiger partial charge in [-0.1, -0.05) is 200 Å². The lowest BCUT2D eigenvalue weighted by Crippen LogP contribution is -2.29. The van der Waals surface area contributed by atoms with Crippen molar-refractivity contribution in [3.05, 3.63) is 244 Å². The minimum atomic E-state index is -0.532. The van der Waals surface area contributed by atoms with Crippen molar-refractivity contribution in [2.24, 2.45) is 0 Å². The predicted octanol–water partition coefficient (Wildman–Crippen LogP) is 17.3. The maximum Gasteiger partial charge on any atom is 0.139 e. The van der Waals surface area contributed by atoms with Gasteiger partial charge in [-0.25, -0.2) is 0 Å². The molecule has 9 aromatic carbocycles. The van der Waals surface area contributed by atoms with Gasteiger partial charge in [0.15, 0.2) is 0 Å². The summed E-state index contributed by atoms with van der Waals surface area (Å²) in [6.45, 7) is 16.4. The van der Waals surface area contributed by atoms with Gasteiger partial charge in [0, 0.05) is 38.5 Å². The summed E-state index contributed by atoms with van der Waals surface area (Å²) in [5.41, 5.74) is 23.8. The topological polar surface area (TPSA) is 16.4 Å². The van der Waals surface area contributed by atoms with E-state index in [0.29, 0.717) is 0 Å². The summed E-state index contributed by atoms with van der Waals surface area (Å²) in [5.74, 6) is 0. The van der Waals surface area contributed by atoms with Crippen LogP contribution in [0, 0.1) is 0 Å². The van der Waals surface area contributed by atoms with Gasteiger partial charge in [-0.15, -0.1) is 0 Å². The van der Waals surface area contributed by atoms with Crippen molar-refractivity contribution < 1.29 is 4.42 Å². The lowest BCUT2D eigenvalue weighted by molar-refractivity contribution is 0.573. The molecule has 0 amide bonds. The van der Waals surface area contributed by atoms with Crippen molar-refractivity contribution in [1.82, 2.24) is 0 Å². The van der Waals surface area contributed by atoms with Crippen LogP contribution >= 0.6 is 0 Å². The highest BCUT2D eigenvalue weighted by molar-refractivity contribution is 6.09. The van der Waals surface area contributed by atoms with E-state index in [1.165, 1.54) is 99.9 Å². The Balaban J connectivity index is 1.07. The van der Waals surface area contributed by atoms with E-state index in [0.717, 1.165) is 22.5 Å². The number of furan rings is 1. The second kappa shape index (κ2) is 13.8. The van der Waals surface area contributed by atoms with Crippen LogP contribution in [0.2, 0.25) is 0 Å². The molecule has 3 aliphatic carbocycles. The second-order valence-corrected chi connectivity index (χ2v) is 21.2. The molecule has 0 unspecified atom stereocenters. The van der Waals surface area contributed by atoms with Gasteiger partial charge in [-0.3, -0.25) is 0 Å². The quantitative estimate of drug-likeness (QED) is 0.171. The van der Waals surface area contributed by atoms with Gasteiger partial charge in [-0.2, -0.15) is 0 Å². The normalized spacial score (nSPS) is 15.4. The monoisotopic (exact) mass is 863 g/mol. The van der Waals surface area contributed by atoms with E-state index >= 15 is 0 Å². The van der Waals surface area contributed by atoms with Gasteiger partial charge in [0.25, 0.3) is 0 Å². The van der Waals surface area contributed by atoms with Crippen LogP contribution in [0.1, 0.15) is 98.5 Å². The first-order chi connectivity index (χ1) is 32.4. The second-order valence-electron chi connectivity index (χ2n) is 21.2. The molecule has 0 spiro atoms. The molecule has 67 heavy (non-hydrogen) atoms. The number of hydrogen-bond donors (Lipinski definition) is 0. The van der Waals surface area contributed by atoms with Gasteiger partial charge in [0.2, 0.25) is 0 Å². The highest BCUT2D eigenvalue weighted by atomic mass is 16.3. The first-order valence-corrected chi connectivity index (χ1v) is 23.9. The first-order valence-electron chi connectivity index (χ1n) is 23.9. The average molecular weight is 864 g/mol. The molecule has 0 N–H and O–H groups in total. The zero-order chi connectivity index (χ0) is 45.6. The van der Waals surface area contributed by atoms with Crippen LogP contribution in [-0.4, -0.2) is 0 Å². The fourth-order valence-electron chi connectivity index (χ4n) is 12.8. The van der Waals surface area contributed by atoms with E-state index in [4.69, 9.17) is 4.42 Å². The Labute approximate surface area is 394 Å². The average Bonchev–Trinajstić information content (AvgIpc) is 4.00. The molecule has 10 aromatic rings. The van der Waals surface area contributed by atoms with Crippen molar-refractivity contribution in [2.75, 3.05) is 4.90 Å². The molecule has 2 nitrogen and oxygen atoms in total. The maximum atomic E-state index is 6.87. The van der Waals surface area contributed by atoms with Crippen LogP contribution in [0.5, 0.6) is 0 Å². The number of benzene rings is 9. The molecular formula is C65H53NO. The van der Waals surface area contributed by atoms with Crippen LogP contribution in [0.4, 0.5) is 17.1 Å². The molecule has 1 aromatic heterocycles. The lowest BCUT2D eigenvalue weighted by Gasteiger charge is -2.36. The van der Waals surface area contributed by atoms with E-state index in [9.17, 15) is 0 Å². The van der Waals surface area contributed by atoms with Gasteiger partial charge >= 0.3 is 0 Å². The third-order valence-corrected chi connectivity index (χ3v) is 15.8. The standard InChI is InChI=1S/C65H53NO/c1-62(2,3)55-32-18-28-49-51-38-57-50(39-59(51)67-61(49)55)48-27-19-33-58(60(48)64(57,6)7)66(43-34-35-47-44-24-11-14-29-52(44)63(4,5)56(47)37-43)42-23-17-22-41(36-42)65(40-20-9-8-10-21-40)53-30-15-12-25-45(53)46-26-13-16-31-54(46)65/h8-39H,1-7H3. The van der Waals surface area contributed by atoms with E-state index < -0.39 is 5.41 Å². The van der Waals surface area contributed by atoms with E-state index in [-0.39, 0.29) is 16.2 Å². The molecule has 324 valence electrons. The summed E-state index contributed by atoms with van der Waals surface area (Å²) in [6.07, 6.45) is 0. The molecule has 2 heteroatoms. The summed E-state index contributed by atoms with van der Waals surface area (Å²) in [5, 5.41) is 2.36. The molecule has 0 saturated heterocycles. The fourth-order valence-corrected chi connectivity index (χ4v) is 12.8. The van der Waals surface area contributed by atoms with Crippen LogP contribution in [0.15, 0.2) is 199 Å². The lowest BCUT2D eigenvalue weighted by atomic mass is 9.67. The third-order valence-electron chi connectivity index (χ3n) is 15.8. The van der Waals surface area contributed by atoms with Crippen LogP contribution in [-0.2, 0) is 21.7 Å². The molecule has 0 aliphatic heterocycles. The number of para-hydroxylation sites is 1. The minimum absolute atomic E-state index is 0.0432. The molecule has 0 radical (unpaired) electrons. The first kappa shape index (κ1) is 39.9. The SMILES string of the molecule is CC(C)(C)c1cccc2c1oc1cc3c(cc12)C(C)(C)c1c-3cccc1N(c1cccc(C2(c3ccccc3)c3ccccc3-c3ccccc32)c1)c1ccc2c(c1)C(C)(C)c1ccccc1-2. The summed E-state index contributed by atoms with van der Waals surface area (Å²) < 4.78 is 6.87. The summed E-state index contributed by atoms with van der Waals surface area (Å²) in [4.78, 5) is 2.57. The molecule has 3 aliphatic rings. The van der Waals surface area contributed by atoms with E-state index in [2.05, 4.69) is 247 Å². The van der Waals surface area contributed by atoms with E-state index in [1.807, 2.05) is 0 Å². The molecular weight excluding hydrogens is 811 g/mol. The Morgan fingerprint density at radius 3 is 1.69 bits per heavy atom. The molecule has 13 rings (SSSR count). The third kappa shape index (κ3) is 5.39. The van der Waals surface area contributed by atoms with Gasteiger partial charge in [0.1, 0.15) is 11.2 Å². The minimum Gasteiger partial charge on any atom is -0.456 e. The molecule has 0 bridgehead atoms. The van der Waals surface area contributed by atoms with Crippen molar-refractivity contribution in [1.29, 1.82) is 0 Å². The maximum absolute atomic E-state index is 6.87. The number of fused-ring (bicyclic) bond motifs is 12. The zero-order valence-electron chi connectivity index (χ0n) is 39.3. The molecule has 0 fully saturated rings. The van der Waals surface area contributed by atoms with Crippen LogP contribution in [0.3, 0.4) is 0 Å².